The van der Waals surface area contributed by atoms with Crippen molar-refractivity contribution in [2.75, 3.05) is 18.5 Å². The molecule has 0 spiro atoms. The lowest BCUT2D eigenvalue weighted by Gasteiger charge is -2.18. The molecule has 3 aromatic rings. The molecular formula is C19H18N4O4S. The highest BCUT2D eigenvalue weighted by Gasteiger charge is 2.48. The molecule has 0 bridgehead atoms. The number of carbonyl (C=O) groups is 1. The van der Waals surface area contributed by atoms with E-state index in [9.17, 15) is 4.79 Å². The van der Waals surface area contributed by atoms with Gasteiger partial charge in [-0.25, -0.2) is 9.97 Å². The molecule has 5 heterocycles. The van der Waals surface area contributed by atoms with E-state index in [2.05, 4.69) is 20.6 Å². The normalized spacial score (nSPS) is 26.1. The first-order valence-electron chi connectivity index (χ1n) is 8.99. The van der Waals surface area contributed by atoms with E-state index in [1.54, 1.807) is 29.7 Å². The van der Waals surface area contributed by atoms with Crippen LogP contribution >= 0.6 is 11.3 Å². The van der Waals surface area contributed by atoms with Crippen LogP contribution in [-0.4, -0.2) is 53.4 Å². The molecule has 9 heteroatoms. The van der Waals surface area contributed by atoms with E-state index < -0.39 is 0 Å². The molecule has 1 amide bonds. The van der Waals surface area contributed by atoms with Crippen molar-refractivity contribution in [2.45, 2.75) is 24.3 Å². The van der Waals surface area contributed by atoms with Crippen LogP contribution in [0.15, 0.2) is 52.6 Å². The molecule has 2 fully saturated rings. The van der Waals surface area contributed by atoms with Crippen LogP contribution in [0.5, 0.6) is 0 Å². The second-order valence-electron chi connectivity index (χ2n) is 6.65. The molecule has 2 aliphatic rings. The maximum Gasteiger partial charge on any atom is 0.287 e. The van der Waals surface area contributed by atoms with Gasteiger partial charge in [-0.05, 0) is 29.6 Å². The van der Waals surface area contributed by atoms with Gasteiger partial charge in [0.1, 0.15) is 12.2 Å². The van der Waals surface area contributed by atoms with Crippen molar-refractivity contribution >= 4 is 23.2 Å². The molecule has 2 saturated heterocycles. The Bertz CT molecular complexity index is 947. The maximum atomic E-state index is 12.2. The van der Waals surface area contributed by atoms with Crippen molar-refractivity contribution < 1.29 is 18.7 Å². The molecule has 0 unspecified atom stereocenters. The quantitative estimate of drug-likeness (QED) is 0.680. The van der Waals surface area contributed by atoms with Gasteiger partial charge in [0, 0.05) is 6.20 Å². The minimum absolute atomic E-state index is 0.0888. The lowest BCUT2D eigenvalue weighted by atomic mass is 10.1. The van der Waals surface area contributed by atoms with Gasteiger partial charge in [0.2, 0.25) is 5.95 Å². The minimum Gasteiger partial charge on any atom is -0.459 e. The van der Waals surface area contributed by atoms with Crippen LogP contribution in [0.25, 0.3) is 10.6 Å². The largest absolute Gasteiger partial charge is 0.459 e. The Morgan fingerprint density at radius 1 is 1.11 bits per heavy atom. The fraction of sp³-hybridized carbons (Fsp3) is 0.316. The molecule has 0 saturated carbocycles. The summed E-state index contributed by atoms with van der Waals surface area (Å²) in [4.78, 5) is 22.2. The topological polar surface area (TPSA) is 98.5 Å². The molecule has 28 heavy (non-hydrogen) atoms. The van der Waals surface area contributed by atoms with E-state index in [4.69, 9.17) is 13.9 Å². The summed E-state index contributed by atoms with van der Waals surface area (Å²) in [6, 6.07) is 8.89. The number of hydrogen-bond acceptors (Lipinski definition) is 8. The number of ether oxygens (including phenoxy) is 2. The fourth-order valence-corrected chi connectivity index (χ4v) is 4.24. The molecule has 4 atom stereocenters. The van der Waals surface area contributed by atoms with Crippen molar-refractivity contribution in [1.82, 2.24) is 15.3 Å². The third-order valence-electron chi connectivity index (χ3n) is 4.86. The van der Waals surface area contributed by atoms with Crippen molar-refractivity contribution in [3.05, 3.63) is 53.9 Å². The zero-order valence-corrected chi connectivity index (χ0v) is 15.6. The number of thiophene rings is 1. The van der Waals surface area contributed by atoms with Crippen molar-refractivity contribution in [1.29, 1.82) is 0 Å². The molecular weight excluding hydrogens is 380 g/mol. The van der Waals surface area contributed by atoms with Crippen LogP contribution in [-0.2, 0) is 9.47 Å². The second-order valence-corrected chi connectivity index (χ2v) is 7.59. The van der Waals surface area contributed by atoms with Gasteiger partial charge in [-0.2, -0.15) is 0 Å². The molecule has 5 rings (SSSR count). The monoisotopic (exact) mass is 398 g/mol. The first-order chi connectivity index (χ1) is 13.8. The third-order valence-corrected chi connectivity index (χ3v) is 5.75. The first kappa shape index (κ1) is 17.4. The van der Waals surface area contributed by atoms with Gasteiger partial charge in [0.15, 0.2) is 5.76 Å². The van der Waals surface area contributed by atoms with Crippen LogP contribution in [0.3, 0.4) is 0 Å². The predicted molar refractivity (Wildman–Crippen MR) is 102 cm³/mol. The zero-order chi connectivity index (χ0) is 18.9. The predicted octanol–water partition coefficient (Wildman–Crippen LogP) is 2.17. The van der Waals surface area contributed by atoms with E-state index in [-0.39, 0.29) is 36.0 Å². The molecule has 8 nitrogen and oxygen atoms in total. The molecule has 0 aliphatic carbocycles. The highest BCUT2D eigenvalue weighted by atomic mass is 32.1. The summed E-state index contributed by atoms with van der Waals surface area (Å²) < 4.78 is 17.0. The summed E-state index contributed by atoms with van der Waals surface area (Å²) in [5.41, 5.74) is 0.874. The van der Waals surface area contributed by atoms with Crippen LogP contribution < -0.4 is 10.6 Å². The Kier molecular flexibility index (Phi) is 4.55. The maximum absolute atomic E-state index is 12.2. The molecule has 3 aromatic heterocycles. The van der Waals surface area contributed by atoms with E-state index in [0.29, 0.717) is 19.2 Å². The van der Waals surface area contributed by atoms with E-state index in [0.717, 1.165) is 10.6 Å². The summed E-state index contributed by atoms with van der Waals surface area (Å²) >= 11 is 1.63. The summed E-state index contributed by atoms with van der Waals surface area (Å²) in [6.07, 6.45) is 2.80. The summed E-state index contributed by atoms with van der Waals surface area (Å²) in [5, 5.41) is 8.26. The Morgan fingerprint density at radius 2 is 1.96 bits per heavy atom. The van der Waals surface area contributed by atoms with Gasteiger partial charge >= 0.3 is 0 Å². The third kappa shape index (κ3) is 3.28. The fourth-order valence-electron chi connectivity index (χ4n) is 3.55. The number of nitrogens with zero attached hydrogens (tertiary/aromatic N) is 2. The average molecular weight is 398 g/mol. The number of carbonyl (C=O) groups excluding carboxylic acids is 1. The number of amides is 1. The van der Waals surface area contributed by atoms with E-state index in [1.165, 1.54) is 6.26 Å². The van der Waals surface area contributed by atoms with Crippen LogP contribution in [0.4, 0.5) is 5.95 Å². The van der Waals surface area contributed by atoms with E-state index >= 15 is 0 Å². The average Bonchev–Trinajstić information content (AvgIpc) is 3.50. The molecule has 0 radical (unpaired) electrons. The number of hydrogen-bond donors (Lipinski definition) is 2. The molecule has 2 aliphatic heterocycles. The smallest absolute Gasteiger partial charge is 0.287 e. The number of fused-ring (bicyclic) bond motifs is 1. The van der Waals surface area contributed by atoms with Gasteiger partial charge in [-0.15, -0.1) is 11.3 Å². The van der Waals surface area contributed by atoms with Gasteiger partial charge in [-0.1, -0.05) is 6.07 Å². The van der Waals surface area contributed by atoms with Crippen molar-refractivity contribution in [3.63, 3.8) is 0 Å². The van der Waals surface area contributed by atoms with Gasteiger partial charge < -0.3 is 24.5 Å². The van der Waals surface area contributed by atoms with Gasteiger partial charge in [-0.3, -0.25) is 4.79 Å². The minimum atomic E-state index is -0.272. The molecule has 144 valence electrons. The number of rotatable bonds is 5. The Balaban J connectivity index is 1.24. The SMILES string of the molecule is O=C(N[C@H]1CO[C@H]2[C@@H]1OC[C@@H]2Nc1nccc(-c2cccs2)n1)c1ccco1. The lowest BCUT2D eigenvalue weighted by molar-refractivity contribution is 0.0646. The number of aromatic nitrogens is 2. The summed E-state index contributed by atoms with van der Waals surface area (Å²) in [5.74, 6) is 0.535. The van der Waals surface area contributed by atoms with Crippen LogP contribution in [0.2, 0.25) is 0 Å². The first-order valence-corrected chi connectivity index (χ1v) is 9.87. The van der Waals surface area contributed by atoms with Crippen LogP contribution in [0, 0.1) is 0 Å². The molecule has 0 aromatic carbocycles. The Labute approximate surface area is 164 Å². The highest BCUT2D eigenvalue weighted by Crippen LogP contribution is 2.29. The van der Waals surface area contributed by atoms with Crippen LogP contribution in [0.1, 0.15) is 10.6 Å². The number of nitrogens with one attached hydrogen (secondary N) is 2. The zero-order valence-electron chi connectivity index (χ0n) is 14.8. The van der Waals surface area contributed by atoms with E-state index in [1.807, 2.05) is 23.6 Å². The Morgan fingerprint density at radius 3 is 2.75 bits per heavy atom. The highest BCUT2D eigenvalue weighted by molar-refractivity contribution is 7.13. The Hall–Kier alpha value is -2.75. The lowest BCUT2D eigenvalue weighted by Crippen LogP contribution is -2.44. The number of anilines is 1. The summed E-state index contributed by atoms with van der Waals surface area (Å²) in [7, 11) is 0. The second kappa shape index (κ2) is 7.34. The number of furan rings is 1. The molecule has 2 N–H and O–H groups in total. The van der Waals surface area contributed by atoms with Crippen molar-refractivity contribution in [3.8, 4) is 10.6 Å². The standard InChI is InChI=1S/C19H18N4O4S/c24-18(14-3-1-7-25-14)21-12-9-26-17-13(10-27-16(12)17)23-19-20-6-5-11(22-19)15-4-2-8-28-15/h1-8,12-13,16-17H,9-10H2,(H,21,24)(H,20,22,23)/t12-,13-,16+,17+/m0/s1. The summed E-state index contributed by atoms with van der Waals surface area (Å²) in [6.45, 7) is 0.838. The van der Waals surface area contributed by atoms with Gasteiger partial charge in [0.25, 0.3) is 5.91 Å². The van der Waals surface area contributed by atoms with Crippen molar-refractivity contribution in [2.24, 2.45) is 0 Å². The van der Waals surface area contributed by atoms with Gasteiger partial charge in [0.05, 0.1) is 42.1 Å².